The van der Waals surface area contributed by atoms with Crippen molar-refractivity contribution >= 4 is 11.6 Å². The molecule has 2 aromatic heterocycles. The smallest absolute Gasteiger partial charge is 0.227 e. The summed E-state index contributed by atoms with van der Waals surface area (Å²) < 4.78 is 5.21. The summed E-state index contributed by atoms with van der Waals surface area (Å²) in [7, 11) is 0. The first-order valence-electron chi connectivity index (χ1n) is 8.25. The van der Waals surface area contributed by atoms with Crippen molar-refractivity contribution in [2.24, 2.45) is 0 Å². The van der Waals surface area contributed by atoms with Crippen molar-refractivity contribution in [1.29, 1.82) is 0 Å². The monoisotopic (exact) mass is 336 g/mol. The average Bonchev–Trinajstić information content (AvgIpc) is 3.10. The van der Waals surface area contributed by atoms with E-state index in [1.165, 1.54) is 0 Å². The molecule has 128 valence electrons. The fraction of sp³-hybridized carbons (Fsp3) is 0.263. The summed E-state index contributed by atoms with van der Waals surface area (Å²) in [5.74, 6) is 1.18. The molecule has 0 unspecified atom stereocenters. The van der Waals surface area contributed by atoms with Crippen LogP contribution in [0, 0.1) is 0 Å². The van der Waals surface area contributed by atoms with Crippen molar-refractivity contribution in [3.05, 3.63) is 60.2 Å². The van der Waals surface area contributed by atoms with Crippen LogP contribution in [0.4, 0.5) is 5.69 Å². The molecule has 0 saturated heterocycles. The Balaban J connectivity index is 1.59. The summed E-state index contributed by atoms with van der Waals surface area (Å²) in [6, 6.07) is 11.5. The van der Waals surface area contributed by atoms with Crippen LogP contribution < -0.4 is 5.32 Å². The van der Waals surface area contributed by atoms with Crippen LogP contribution in [0.2, 0.25) is 0 Å². The van der Waals surface area contributed by atoms with Crippen molar-refractivity contribution in [2.45, 2.75) is 32.6 Å². The van der Waals surface area contributed by atoms with Crippen molar-refractivity contribution in [2.75, 3.05) is 5.32 Å². The Labute approximate surface area is 146 Å². The molecule has 0 radical (unpaired) electrons. The van der Waals surface area contributed by atoms with Crippen LogP contribution in [0.15, 0.2) is 53.3 Å². The molecule has 0 aliphatic rings. The highest BCUT2D eigenvalue weighted by Crippen LogP contribution is 2.24. The second kappa shape index (κ2) is 7.70. The lowest BCUT2D eigenvalue weighted by molar-refractivity contribution is -0.116. The first-order chi connectivity index (χ1) is 12.1. The second-order valence-electron chi connectivity index (χ2n) is 6.04. The first-order valence-corrected chi connectivity index (χ1v) is 8.25. The standard InChI is InChI=1S/C19H20N4O2/c1-13(2)15-7-3-4-8-16(15)21-17(24)9-10-18-22-19(23-25-18)14-6-5-11-20-12-14/h3-8,11-13H,9-10H2,1-2H3,(H,21,24). The molecule has 6 heteroatoms. The van der Waals surface area contributed by atoms with E-state index in [4.69, 9.17) is 4.52 Å². The minimum absolute atomic E-state index is 0.0748. The van der Waals surface area contributed by atoms with Crippen LogP contribution in [0.25, 0.3) is 11.4 Å². The topological polar surface area (TPSA) is 80.9 Å². The van der Waals surface area contributed by atoms with Gasteiger partial charge in [-0.15, -0.1) is 0 Å². The van der Waals surface area contributed by atoms with E-state index in [1.807, 2.05) is 36.4 Å². The zero-order valence-electron chi connectivity index (χ0n) is 14.3. The molecule has 2 heterocycles. The Bertz CT molecular complexity index is 843. The normalized spacial score (nSPS) is 10.8. The molecule has 0 bridgehead atoms. The van der Waals surface area contributed by atoms with Crippen molar-refractivity contribution in [3.8, 4) is 11.4 Å². The van der Waals surface area contributed by atoms with Gasteiger partial charge in [0, 0.05) is 36.5 Å². The van der Waals surface area contributed by atoms with Crippen LogP contribution >= 0.6 is 0 Å². The maximum atomic E-state index is 12.2. The van der Waals surface area contributed by atoms with Gasteiger partial charge in [-0.3, -0.25) is 9.78 Å². The Hall–Kier alpha value is -3.02. The van der Waals surface area contributed by atoms with E-state index in [-0.39, 0.29) is 12.3 Å². The summed E-state index contributed by atoms with van der Waals surface area (Å²) in [6.45, 7) is 4.20. The van der Waals surface area contributed by atoms with Gasteiger partial charge in [-0.25, -0.2) is 0 Å². The van der Waals surface area contributed by atoms with E-state index in [2.05, 4.69) is 34.3 Å². The van der Waals surface area contributed by atoms with Crippen LogP contribution in [-0.2, 0) is 11.2 Å². The summed E-state index contributed by atoms with van der Waals surface area (Å²) >= 11 is 0. The number of rotatable bonds is 6. The lowest BCUT2D eigenvalue weighted by Crippen LogP contribution is -2.14. The predicted octanol–water partition coefficient (Wildman–Crippen LogP) is 3.83. The minimum Gasteiger partial charge on any atom is -0.339 e. The van der Waals surface area contributed by atoms with E-state index in [1.54, 1.807) is 12.4 Å². The summed E-state index contributed by atoms with van der Waals surface area (Å²) in [5.41, 5.74) is 2.75. The Kier molecular flexibility index (Phi) is 5.18. The maximum Gasteiger partial charge on any atom is 0.227 e. The number of anilines is 1. The fourth-order valence-electron chi connectivity index (χ4n) is 2.52. The molecule has 0 fully saturated rings. The Morgan fingerprint density at radius 2 is 2.04 bits per heavy atom. The molecule has 0 saturated carbocycles. The molecule has 1 amide bonds. The Morgan fingerprint density at radius 3 is 2.80 bits per heavy atom. The number of aryl methyl sites for hydroxylation is 1. The molecule has 0 aliphatic carbocycles. The van der Waals surface area contributed by atoms with Gasteiger partial charge in [-0.1, -0.05) is 37.2 Å². The largest absolute Gasteiger partial charge is 0.339 e. The van der Waals surface area contributed by atoms with Gasteiger partial charge in [-0.2, -0.15) is 4.98 Å². The van der Waals surface area contributed by atoms with Crippen LogP contribution in [-0.4, -0.2) is 21.0 Å². The van der Waals surface area contributed by atoms with Crippen molar-refractivity contribution < 1.29 is 9.32 Å². The predicted molar refractivity (Wildman–Crippen MR) is 95.0 cm³/mol. The van der Waals surface area contributed by atoms with E-state index in [0.717, 1.165) is 16.8 Å². The number of carbonyl (C=O) groups excluding carboxylic acids is 1. The molecule has 3 rings (SSSR count). The van der Waals surface area contributed by atoms with Gasteiger partial charge in [0.25, 0.3) is 0 Å². The van der Waals surface area contributed by atoms with E-state index in [9.17, 15) is 4.79 Å². The van der Waals surface area contributed by atoms with Crippen LogP contribution in [0.3, 0.4) is 0 Å². The van der Waals surface area contributed by atoms with E-state index < -0.39 is 0 Å². The molecular weight excluding hydrogens is 316 g/mol. The second-order valence-corrected chi connectivity index (χ2v) is 6.04. The molecule has 0 aliphatic heterocycles. The number of hydrogen-bond acceptors (Lipinski definition) is 5. The zero-order chi connectivity index (χ0) is 17.6. The fourth-order valence-corrected chi connectivity index (χ4v) is 2.52. The number of hydrogen-bond donors (Lipinski definition) is 1. The highest BCUT2D eigenvalue weighted by molar-refractivity contribution is 5.91. The Morgan fingerprint density at radius 1 is 1.20 bits per heavy atom. The number of nitrogens with zero attached hydrogens (tertiary/aromatic N) is 3. The van der Waals surface area contributed by atoms with Crippen LogP contribution in [0.1, 0.15) is 37.6 Å². The summed E-state index contributed by atoms with van der Waals surface area (Å²) in [4.78, 5) is 20.6. The quantitative estimate of drug-likeness (QED) is 0.740. The lowest BCUT2D eigenvalue weighted by atomic mass is 10.0. The number of nitrogens with one attached hydrogen (secondary N) is 1. The third-order valence-corrected chi connectivity index (χ3v) is 3.81. The molecular formula is C19H20N4O2. The third kappa shape index (κ3) is 4.29. The van der Waals surface area contributed by atoms with Gasteiger partial charge in [0.15, 0.2) is 0 Å². The molecule has 0 spiro atoms. The lowest BCUT2D eigenvalue weighted by Gasteiger charge is -2.13. The third-order valence-electron chi connectivity index (χ3n) is 3.81. The molecule has 1 aromatic carbocycles. The number of carbonyl (C=O) groups is 1. The number of pyridine rings is 1. The number of para-hydroxylation sites is 1. The minimum atomic E-state index is -0.0748. The van der Waals surface area contributed by atoms with Gasteiger partial charge in [0.2, 0.25) is 17.6 Å². The van der Waals surface area contributed by atoms with Gasteiger partial charge in [-0.05, 0) is 29.7 Å². The van der Waals surface area contributed by atoms with Gasteiger partial charge in [0.1, 0.15) is 0 Å². The molecule has 25 heavy (non-hydrogen) atoms. The summed E-state index contributed by atoms with van der Waals surface area (Å²) in [5, 5.41) is 6.89. The van der Waals surface area contributed by atoms with Gasteiger partial charge < -0.3 is 9.84 Å². The van der Waals surface area contributed by atoms with Gasteiger partial charge >= 0.3 is 0 Å². The van der Waals surface area contributed by atoms with Crippen molar-refractivity contribution in [3.63, 3.8) is 0 Å². The van der Waals surface area contributed by atoms with Gasteiger partial charge in [0.05, 0.1) is 0 Å². The zero-order valence-corrected chi connectivity index (χ0v) is 14.3. The average molecular weight is 336 g/mol. The molecule has 1 N–H and O–H groups in total. The number of benzene rings is 1. The van der Waals surface area contributed by atoms with E-state index >= 15 is 0 Å². The SMILES string of the molecule is CC(C)c1ccccc1NC(=O)CCc1nc(-c2cccnc2)no1. The van der Waals surface area contributed by atoms with Crippen molar-refractivity contribution in [1.82, 2.24) is 15.1 Å². The maximum absolute atomic E-state index is 12.2. The summed E-state index contributed by atoms with van der Waals surface area (Å²) in [6.07, 6.45) is 4.03. The molecule has 3 aromatic rings. The highest BCUT2D eigenvalue weighted by Gasteiger charge is 2.12. The van der Waals surface area contributed by atoms with Crippen LogP contribution in [0.5, 0.6) is 0 Å². The molecule has 0 atom stereocenters. The first kappa shape index (κ1) is 16.8. The molecule has 6 nitrogen and oxygen atoms in total. The highest BCUT2D eigenvalue weighted by atomic mass is 16.5. The number of amides is 1. The van der Waals surface area contributed by atoms with E-state index in [0.29, 0.717) is 24.1 Å². The number of aromatic nitrogens is 3.